The van der Waals surface area contributed by atoms with Crippen molar-refractivity contribution >= 4 is 17.8 Å². The summed E-state index contributed by atoms with van der Waals surface area (Å²) in [5, 5.41) is 2.97. The van der Waals surface area contributed by atoms with Crippen molar-refractivity contribution in [3.8, 4) is 0 Å². The Morgan fingerprint density at radius 3 is 1.19 bits per heavy atom. The van der Waals surface area contributed by atoms with E-state index in [2.05, 4.69) is 56.8 Å². The molecule has 0 aromatic heterocycles. The van der Waals surface area contributed by atoms with Crippen molar-refractivity contribution in [1.82, 2.24) is 15.1 Å². The zero-order valence-electron chi connectivity index (χ0n) is 49.7. The second-order valence-electron chi connectivity index (χ2n) is 22.1. The standard InChI is InChI=1S/C63H125N3O7/c1-7-12-17-22-25-32-42-59(40-30-20-15-10-4)57-72-62(68)45-35-28-37-49-66(50-38-29-36-46-63(69)73-58-60(41-31-21-16-11-5)43-33-26-23-18-13-8-2)52-51-65(6)48-39-53-70-55-56-71-54-47-64-61(67)44-34-27-24-19-14-9-3/h59-60H,7-58H2,1-6H3,(H,64,67). The van der Waals surface area contributed by atoms with Gasteiger partial charge in [0.2, 0.25) is 5.91 Å². The summed E-state index contributed by atoms with van der Waals surface area (Å²) in [5.74, 6) is 1.10. The number of nitrogens with zero attached hydrogens (tertiary/aromatic N) is 2. The summed E-state index contributed by atoms with van der Waals surface area (Å²) in [4.78, 5) is 42.8. The van der Waals surface area contributed by atoms with Gasteiger partial charge in [0.1, 0.15) is 0 Å². The Bertz CT molecular complexity index is 1100. The minimum Gasteiger partial charge on any atom is -0.465 e. The Morgan fingerprint density at radius 1 is 0.370 bits per heavy atom. The lowest BCUT2D eigenvalue weighted by Gasteiger charge is -2.25. The maximum atomic E-state index is 12.9. The topological polar surface area (TPSA) is 107 Å². The van der Waals surface area contributed by atoms with E-state index in [0.29, 0.717) is 77.3 Å². The molecule has 0 rings (SSSR count). The number of carbonyl (C=O) groups excluding carboxylic acids is 3. The molecule has 2 atom stereocenters. The maximum absolute atomic E-state index is 12.9. The molecule has 0 aliphatic heterocycles. The molecule has 2 unspecified atom stereocenters. The summed E-state index contributed by atoms with van der Waals surface area (Å²) in [7, 11) is 2.20. The van der Waals surface area contributed by atoms with Gasteiger partial charge in [0, 0.05) is 52.0 Å². The molecule has 0 fully saturated rings. The first-order chi connectivity index (χ1) is 35.8. The average molecular weight is 1040 g/mol. The van der Waals surface area contributed by atoms with E-state index in [1.165, 1.54) is 180 Å². The van der Waals surface area contributed by atoms with E-state index in [1.54, 1.807) is 0 Å². The molecule has 0 heterocycles. The summed E-state index contributed by atoms with van der Waals surface area (Å²) in [6.07, 6.45) is 46.3. The smallest absolute Gasteiger partial charge is 0.305 e. The van der Waals surface area contributed by atoms with Gasteiger partial charge in [0.25, 0.3) is 0 Å². The van der Waals surface area contributed by atoms with Crippen LogP contribution in [0.5, 0.6) is 0 Å². The predicted molar refractivity (Wildman–Crippen MR) is 311 cm³/mol. The number of esters is 2. The van der Waals surface area contributed by atoms with Crippen molar-refractivity contribution in [2.45, 2.75) is 291 Å². The number of ether oxygens (including phenoxy) is 4. The molecule has 0 bridgehead atoms. The molecule has 0 aliphatic rings. The highest BCUT2D eigenvalue weighted by Gasteiger charge is 2.15. The number of rotatable bonds is 60. The molecule has 0 spiro atoms. The van der Waals surface area contributed by atoms with Gasteiger partial charge in [-0.1, -0.05) is 208 Å². The lowest BCUT2D eigenvalue weighted by atomic mass is 9.95. The lowest BCUT2D eigenvalue weighted by molar-refractivity contribution is -0.146. The number of hydrogen-bond acceptors (Lipinski definition) is 9. The van der Waals surface area contributed by atoms with Crippen LogP contribution < -0.4 is 5.32 Å². The van der Waals surface area contributed by atoms with Crippen molar-refractivity contribution in [2.24, 2.45) is 11.8 Å². The van der Waals surface area contributed by atoms with Gasteiger partial charge in [-0.2, -0.15) is 0 Å². The fourth-order valence-corrected chi connectivity index (χ4v) is 9.83. The molecule has 0 saturated carbocycles. The average Bonchev–Trinajstić information content (AvgIpc) is 3.39. The van der Waals surface area contributed by atoms with Gasteiger partial charge in [-0.15, -0.1) is 0 Å². The summed E-state index contributed by atoms with van der Waals surface area (Å²) >= 11 is 0. The highest BCUT2D eigenvalue weighted by Crippen LogP contribution is 2.22. The predicted octanol–water partition coefficient (Wildman–Crippen LogP) is 16.4. The van der Waals surface area contributed by atoms with Gasteiger partial charge in [-0.3, -0.25) is 14.4 Å². The fourth-order valence-electron chi connectivity index (χ4n) is 9.83. The molecule has 1 N–H and O–H groups in total. The van der Waals surface area contributed by atoms with Crippen molar-refractivity contribution in [1.29, 1.82) is 0 Å². The zero-order valence-corrected chi connectivity index (χ0v) is 49.7. The Kier molecular flexibility index (Phi) is 56.6. The van der Waals surface area contributed by atoms with Crippen molar-refractivity contribution in [3.63, 3.8) is 0 Å². The van der Waals surface area contributed by atoms with E-state index < -0.39 is 0 Å². The van der Waals surface area contributed by atoms with E-state index in [-0.39, 0.29) is 17.8 Å². The molecule has 0 aromatic rings. The number of carbonyl (C=O) groups is 3. The highest BCUT2D eigenvalue weighted by molar-refractivity contribution is 5.75. The number of amides is 1. The van der Waals surface area contributed by atoms with E-state index in [1.807, 2.05) is 0 Å². The van der Waals surface area contributed by atoms with E-state index in [9.17, 15) is 14.4 Å². The van der Waals surface area contributed by atoms with Crippen LogP contribution in [0.1, 0.15) is 291 Å². The first kappa shape index (κ1) is 71.2. The number of likely N-dealkylation sites (N-methyl/N-ethyl adjacent to an activating group) is 1. The summed E-state index contributed by atoms with van der Waals surface area (Å²) in [6, 6.07) is 0. The van der Waals surface area contributed by atoms with Crippen LogP contribution in [0.3, 0.4) is 0 Å². The Labute approximate surface area is 453 Å². The zero-order chi connectivity index (χ0) is 53.3. The van der Waals surface area contributed by atoms with Crippen LogP contribution in [0.4, 0.5) is 0 Å². The van der Waals surface area contributed by atoms with Gasteiger partial charge >= 0.3 is 11.9 Å². The molecular weight excluding hydrogens is 911 g/mol. The molecule has 0 aliphatic carbocycles. The number of nitrogens with one attached hydrogen (secondary N) is 1. The third-order valence-corrected chi connectivity index (χ3v) is 14.9. The van der Waals surface area contributed by atoms with Crippen LogP contribution in [0.2, 0.25) is 0 Å². The first-order valence-electron chi connectivity index (χ1n) is 31.9. The normalized spacial score (nSPS) is 12.5. The number of unbranched alkanes of at least 4 members (excludes halogenated alkanes) is 25. The molecule has 73 heavy (non-hydrogen) atoms. The van der Waals surface area contributed by atoms with E-state index in [4.69, 9.17) is 18.9 Å². The van der Waals surface area contributed by atoms with Gasteiger partial charge in [-0.05, 0) is 96.2 Å². The molecule has 0 radical (unpaired) electrons. The molecular formula is C63H125N3O7. The fraction of sp³-hybridized carbons (Fsp3) is 0.952. The lowest BCUT2D eigenvalue weighted by Crippen LogP contribution is -2.35. The van der Waals surface area contributed by atoms with Crippen LogP contribution in [0.25, 0.3) is 0 Å². The minimum absolute atomic E-state index is 0.0188. The van der Waals surface area contributed by atoms with E-state index in [0.717, 1.165) is 90.5 Å². The van der Waals surface area contributed by atoms with Crippen LogP contribution in [-0.4, -0.2) is 114 Å². The third-order valence-electron chi connectivity index (χ3n) is 14.9. The van der Waals surface area contributed by atoms with Crippen LogP contribution in [0.15, 0.2) is 0 Å². The molecule has 10 nitrogen and oxygen atoms in total. The number of hydrogen-bond donors (Lipinski definition) is 1. The SMILES string of the molecule is CCCCCCCCC(=O)NCCOCCOCCCN(C)CCN(CCCCCC(=O)OCC(CCCCCC)CCCCCCCC)CCCCCC(=O)OCC(CCCCCC)CCCCCCCC. The van der Waals surface area contributed by atoms with Gasteiger partial charge in [-0.25, -0.2) is 0 Å². The largest absolute Gasteiger partial charge is 0.465 e. The van der Waals surface area contributed by atoms with Crippen molar-refractivity contribution in [3.05, 3.63) is 0 Å². The molecule has 0 aromatic carbocycles. The van der Waals surface area contributed by atoms with Crippen LogP contribution in [0, 0.1) is 11.8 Å². The molecule has 1 amide bonds. The second-order valence-corrected chi connectivity index (χ2v) is 22.1. The Morgan fingerprint density at radius 2 is 0.740 bits per heavy atom. The van der Waals surface area contributed by atoms with E-state index >= 15 is 0 Å². The Hall–Kier alpha value is -1.75. The first-order valence-corrected chi connectivity index (χ1v) is 31.9. The molecule has 434 valence electrons. The van der Waals surface area contributed by atoms with Gasteiger partial charge in [0.15, 0.2) is 0 Å². The van der Waals surface area contributed by atoms with Crippen molar-refractivity contribution in [2.75, 3.05) is 86.0 Å². The monoisotopic (exact) mass is 1040 g/mol. The summed E-state index contributed by atoms with van der Waals surface area (Å²) < 4.78 is 23.4. The Balaban J connectivity index is 4.83. The molecule has 0 saturated heterocycles. The third kappa shape index (κ3) is 53.4. The van der Waals surface area contributed by atoms with Crippen LogP contribution >= 0.6 is 0 Å². The van der Waals surface area contributed by atoms with Crippen LogP contribution in [-0.2, 0) is 33.3 Å². The highest BCUT2D eigenvalue weighted by atomic mass is 16.5. The van der Waals surface area contributed by atoms with Gasteiger partial charge in [0.05, 0.1) is 33.0 Å². The second kappa shape index (κ2) is 57.9. The van der Waals surface area contributed by atoms with Gasteiger partial charge < -0.3 is 34.1 Å². The summed E-state index contributed by atoms with van der Waals surface area (Å²) in [5.41, 5.74) is 0. The molecule has 10 heteroatoms. The maximum Gasteiger partial charge on any atom is 0.305 e. The minimum atomic E-state index is -0.0188. The summed E-state index contributed by atoms with van der Waals surface area (Å²) in [6.45, 7) is 20.4. The quantitative estimate of drug-likeness (QED) is 0.0471. The van der Waals surface area contributed by atoms with Crippen molar-refractivity contribution < 1.29 is 33.3 Å².